The summed E-state index contributed by atoms with van der Waals surface area (Å²) in [6.45, 7) is 10.2. The molecule has 4 heterocycles. The van der Waals surface area contributed by atoms with Crippen LogP contribution in [-0.2, 0) is 25.5 Å². The summed E-state index contributed by atoms with van der Waals surface area (Å²) in [7, 11) is 0. The summed E-state index contributed by atoms with van der Waals surface area (Å²) in [6.07, 6.45) is 6.94. The van der Waals surface area contributed by atoms with Crippen molar-refractivity contribution >= 4 is 22.6 Å². The Kier molecular flexibility index (Phi) is 8.19. The number of rotatable bonds is 8. The maximum absolute atomic E-state index is 13.4. The maximum Gasteiger partial charge on any atom is 0.267 e. The Morgan fingerprint density at radius 3 is 2.87 bits per heavy atom. The maximum atomic E-state index is 13.4. The van der Waals surface area contributed by atoms with Gasteiger partial charge in [0, 0.05) is 19.3 Å². The molecule has 196 valence electrons. The van der Waals surface area contributed by atoms with Crippen LogP contribution in [0.3, 0.4) is 0 Å². The molecule has 1 saturated heterocycles. The minimum Gasteiger partial charge on any atom is -0.454 e. The van der Waals surface area contributed by atoms with Gasteiger partial charge in [-0.25, -0.2) is 4.98 Å². The van der Waals surface area contributed by atoms with E-state index < -0.39 is 5.91 Å². The van der Waals surface area contributed by atoms with Crippen LogP contribution < -0.4 is 11.0 Å². The standard InChI is InChI=1S/C28H29N5O5/c1-5-8-22-23(38-17-37-22)10-11-24(34)30-26-20(16-29)15-21-27(32(26)13-7-14-36-18(2)3)31-25-19(4)9-6-12-33(25)28(21)35/h5-6,8-10,12,15,18H,1,7,11,13-14,17H2,2-4H3/b22-8-,23-10-,30-26?. The van der Waals surface area contributed by atoms with Crippen molar-refractivity contribution in [1.82, 2.24) is 14.0 Å². The second-order valence-corrected chi connectivity index (χ2v) is 8.91. The number of nitriles is 1. The molecule has 1 aliphatic rings. The second-order valence-electron chi connectivity index (χ2n) is 8.91. The van der Waals surface area contributed by atoms with Crippen LogP contribution >= 0.6 is 0 Å². The Morgan fingerprint density at radius 2 is 2.13 bits per heavy atom. The summed E-state index contributed by atoms with van der Waals surface area (Å²) in [5, 5.41) is 10.2. The van der Waals surface area contributed by atoms with Crippen LogP contribution in [0.2, 0.25) is 0 Å². The number of nitrogens with zero attached hydrogens (tertiary/aromatic N) is 5. The average Bonchev–Trinajstić information content (AvgIpc) is 3.34. The van der Waals surface area contributed by atoms with Gasteiger partial charge in [0.1, 0.15) is 17.4 Å². The molecule has 0 radical (unpaired) electrons. The molecule has 3 aromatic heterocycles. The first-order valence-electron chi connectivity index (χ1n) is 12.3. The lowest BCUT2D eigenvalue weighted by atomic mass is 10.2. The Hall–Kier alpha value is -4.49. The van der Waals surface area contributed by atoms with E-state index in [2.05, 4.69) is 17.6 Å². The Balaban J connectivity index is 1.86. The van der Waals surface area contributed by atoms with Gasteiger partial charge < -0.3 is 18.8 Å². The van der Waals surface area contributed by atoms with Crippen molar-refractivity contribution in [2.24, 2.45) is 4.99 Å². The number of pyridine rings is 2. The van der Waals surface area contributed by atoms with Crippen molar-refractivity contribution in [3.63, 3.8) is 0 Å². The quantitative estimate of drug-likeness (QED) is 0.333. The molecular weight excluding hydrogens is 486 g/mol. The number of allylic oxidation sites excluding steroid dienone is 2. The van der Waals surface area contributed by atoms with E-state index in [1.54, 1.807) is 35.1 Å². The molecule has 3 aromatic rings. The molecule has 0 saturated carbocycles. The van der Waals surface area contributed by atoms with Gasteiger partial charge in [0.05, 0.1) is 23.5 Å². The first kappa shape index (κ1) is 26.6. The Morgan fingerprint density at radius 1 is 1.34 bits per heavy atom. The molecule has 1 amide bonds. The van der Waals surface area contributed by atoms with Gasteiger partial charge in [0.2, 0.25) is 6.79 Å². The summed E-state index contributed by atoms with van der Waals surface area (Å²) in [5.74, 6) is 0.397. The molecule has 1 fully saturated rings. The zero-order valence-corrected chi connectivity index (χ0v) is 21.6. The molecule has 0 spiro atoms. The van der Waals surface area contributed by atoms with Gasteiger partial charge in [-0.15, -0.1) is 0 Å². The van der Waals surface area contributed by atoms with Crippen molar-refractivity contribution < 1.29 is 19.0 Å². The van der Waals surface area contributed by atoms with Gasteiger partial charge in [-0.05, 0) is 57.0 Å². The number of hydrogen-bond acceptors (Lipinski definition) is 7. The summed E-state index contributed by atoms with van der Waals surface area (Å²) in [6, 6.07) is 7.18. The first-order valence-corrected chi connectivity index (χ1v) is 12.3. The first-order chi connectivity index (χ1) is 18.3. The van der Waals surface area contributed by atoms with E-state index in [0.717, 1.165) is 5.56 Å². The normalized spacial score (nSPS) is 15.8. The van der Waals surface area contributed by atoms with Gasteiger partial charge in [0.25, 0.3) is 11.5 Å². The van der Waals surface area contributed by atoms with Crippen molar-refractivity contribution in [1.29, 1.82) is 5.26 Å². The minimum absolute atomic E-state index is 0.0487. The second kappa shape index (κ2) is 11.7. The molecule has 10 nitrogen and oxygen atoms in total. The van der Waals surface area contributed by atoms with Crippen LogP contribution in [0.5, 0.6) is 0 Å². The van der Waals surface area contributed by atoms with E-state index in [4.69, 9.17) is 19.2 Å². The fourth-order valence-corrected chi connectivity index (χ4v) is 4.08. The summed E-state index contributed by atoms with van der Waals surface area (Å²) in [5.41, 5.74) is 1.59. The van der Waals surface area contributed by atoms with Crippen LogP contribution in [0.4, 0.5) is 0 Å². The number of carbonyl (C=O) groups excluding carboxylic acids is 1. The number of fused-ring (bicyclic) bond motifs is 2. The molecule has 0 unspecified atom stereocenters. The largest absolute Gasteiger partial charge is 0.454 e. The molecule has 0 bridgehead atoms. The van der Waals surface area contributed by atoms with E-state index in [-0.39, 0.29) is 41.3 Å². The summed E-state index contributed by atoms with van der Waals surface area (Å²) in [4.78, 5) is 35.4. The fraction of sp³-hybridized carbons (Fsp3) is 0.321. The minimum atomic E-state index is -0.498. The number of aryl methyl sites for hydroxylation is 2. The van der Waals surface area contributed by atoms with Gasteiger partial charge in [0.15, 0.2) is 17.0 Å². The summed E-state index contributed by atoms with van der Waals surface area (Å²) >= 11 is 0. The predicted molar refractivity (Wildman–Crippen MR) is 141 cm³/mol. The van der Waals surface area contributed by atoms with Crippen molar-refractivity contribution in [2.75, 3.05) is 13.4 Å². The predicted octanol–water partition coefficient (Wildman–Crippen LogP) is 3.42. The third kappa shape index (κ3) is 5.58. The molecule has 1 aliphatic heterocycles. The van der Waals surface area contributed by atoms with E-state index in [1.807, 2.05) is 26.8 Å². The highest BCUT2D eigenvalue weighted by Crippen LogP contribution is 2.21. The lowest BCUT2D eigenvalue weighted by Crippen LogP contribution is -2.30. The molecule has 0 aliphatic carbocycles. The summed E-state index contributed by atoms with van der Waals surface area (Å²) < 4.78 is 19.6. The third-order valence-corrected chi connectivity index (χ3v) is 5.84. The zero-order valence-electron chi connectivity index (χ0n) is 21.6. The zero-order chi connectivity index (χ0) is 27.2. The molecule has 0 atom stereocenters. The van der Waals surface area contributed by atoms with Gasteiger partial charge in [-0.1, -0.05) is 18.7 Å². The molecule has 0 N–H and O–H groups in total. The van der Waals surface area contributed by atoms with Crippen LogP contribution in [0, 0.1) is 18.3 Å². The number of aromatic nitrogens is 3. The van der Waals surface area contributed by atoms with Gasteiger partial charge in [-0.3, -0.25) is 14.0 Å². The third-order valence-electron chi connectivity index (χ3n) is 5.84. The van der Waals surface area contributed by atoms with Crippen LogP contribution in [0.15, 0.2) is 70.5 Å². The smallest absolute Gasteiger partial charge is 0.267 e. The fourth-order valence-electron chi connectivity index (χ4n) is 4.08. The highest BCUT2D eigenvalue weighted by molar-refractivity contribution is 5.81. The van der Waals surface area contributed by atoms with Gasteiger partial charge in [-0.2, -0.15) is 10.3 Å². The topological polar surface area (TPSA) is 120 Å². The average molecular weight is 516 g/mol. The van der Waals surface area contributed by atoms with Crippen molar-refractivity contribution in [3.05, 3.63) is 87.7 Å². The van der Waals surface area contributed by atoms with Crippen LogP contribution in [0.1, 0.15) is 37.8 Å². The lowest BCUT2D eigenvalue weighted by molar-refractivity contribution is -0.117. The number of amides is 1. The Labute approximate surface area is 219 Å². The molecule has 38 heavy (non-hydrogen) atoms. The SMILES string of the molecule is C=C/C=C1\OCO\C1=C/CC(=O)N=c1c(C#N)cc2c(=O)n3cccc(C)c3nc2n1CCCOC(C)C. The monoisotopic (exact) mass is 515 g/mol. The molecule has 10 heteroatoms. The number of ether oxygens (including phenoxy) is 3. The molecular formula is C28H29N5O5. The van der Waals surface area contributed by atoms with E-state index >= 15 is 0 Å². The molecule has 4 rings (SSSR count). The van der Waals surface area contributed by atoms with Crippen molar-refractivity contribution in [2.45, 2.75) is 46.3 Å². The van der Waals surface area contributed by atoms with E-state index in [9.17, 15) is 14.9 Å². The highest BCUT2D eigenvalue weighted by Gasteiger charge is 2.18. The van der Waals surface area contributed by atoms with Gasteiger partial charge >= 0.3 is 0 Å². The Bertz CT molecular complexity index is 1640. The molecule has 0 aromatic carbocycles. The highest BCUT2D eigenvalue weighted by atomic mass is 16.7. The van der Waals surface area contributed by atoms with Crippen LogP contribution in [-0.4, -0.2) is 39.4 Å². The number of carbonyl (C=O) groups is 1. The number of hydrogen-bond donors (Lipinski definition) is 0. The van der Waals surface area contributed by atoms with Crippen LogP contribution in [0.25, 0.3) is 16.7 Å². The lowest BCUT2D eigenvalue weighted by Gasteiger charge is -2.14. The van der Waals surface area contributed by atoms with Crippen molar-refractivity contribution in [3.8, 4) is 6.07 Å². The van der Waals surface area contributed by atoms with E-state index in [1.165, 1.54) is 10.5 Å². The van der Waals surface area contributed by atoms with E-state index in [0.29, 0.717) is 42.4 Å².